The Morgan fingerprint density at radius 3 is 2.57 bits per heavy atom. The number of pyridine rings is 1. The van der Waals surface area contributed by atoms with Gasteiger partial charge in [0.2, 0.25) is 0 Å². The molecule has 2 rings (SSSR count). The van der Waals surface area contributed by atoms with Crippen molar-refractivity contribution in [2.45, 2.75) is 59.5 Å². The second kappa shape index (κ2) is 5.92. The first-order valence-electron chi connectivity index (χ1n) is 7.45. The van der Waals surface area contributed by atoms with Gasteiger partial charge in [0.1, 0.15) is 5.75 Å². The average molecular weight is 291 g/mol. The van der Waals surface area contributed by atoms with E-state index in [-0.39, 0.29) is 11.9 Å². The van der Waals surface area contributed by atoms with Crippen LogP contribution in [0.5, 0.6) is 5.75 Å². The largest absolute Gasteiger partial charge is 0.490 e. The number of hydrogen-bond donors (Lipinski definition) is 2. The fraction of sp³-hybridized carbons (Fsp3) is 0.625. The third-order valence-corrected chi connectivity index (χ3v) is 4.24. The summed E-state index contributed by atoms with van der Waals surface area (Å²) in [6.45, 7) is 8.36. The highest BCUT2D eigenvalue weighted by molar-refractivity contribution is 6.00. The standard InChI is InChI=1S/C16H25N3O2/c1-10-9-13(14(11(2)18-10)15(17)19-20)21-12-5-7-16(3,4)8-6-12/h9,12,20H,5-8H2,1-4H3,(H2,17,19). The molecule has 0 aromatic carbocycles. The first-order valence-corrected chi connectivity index (χ1v) is 7.45. The molecule has 1 aromatic rings. The van der Waals surface area contributed by atoms with Crippen molar-refractivity contribution in [1.29, 1.82) is 0 Å². The highest BCUT2D eigenvalue weighted by Crippen LogP contribution is 2.37. The Bertz CT molecular complexity index is 543. The van der Waals surface area contributed by atoms with Crippen molar-refractivity contribution in [2.75, 3.05) is 0 Å². The summed E-state index contributed by atoms with van der Waals surface area (Å²) in [5, 5.41) is 12.1. The zero-order chi connectivity index (χ0) is 15.6. The van der Waals surface area contributed by atoms with Gasteiger partial charge in [0.15, 0.2) is 5.84 Å². The molecule has 0 amide bonds. The molecule has 0 radical (unpaired) electrons. The van der Waals surface area contributed by atoms with Crippen molar-refractivity contribution in [2.24, 2.45) is 16.3 Å². The first kappa shape index (κ1) is 15.6. The first-order chi connectivity index (χ1) is 9.82. The van der Waals surface area contributed by atoms with Gasteiger partial charge in [-0.15, -0.1) is 0 Å². The van der Waals surface area contributed by atoms with E-state index >= 15 is 0 Å². The summed E-state index contributed by atoms with van der Waals surface area (Å²) < 4.78 is 6.15. The molecule has 1 fully saturated rings. The Kier molecular flexibility index (Phi) is 4.40. The zero-order valence-corrected chi connectivity index (χ0v) is 13.3. The second-order valence-electron chi connectivity index (χ2n) is 6.69. The molecule has 1 aliphatic rings. The molecule has 1 saturated carbocycles. The van der Waals surface area contributed by atoms with Crippen molar-refractivity contribution in [3.8, 4) is 5.75 Å². The maximum absolute atomic E-state index is 8.96. The van der Waals surface area contributed by atoms with E-state index in [0.29, 0.717) is 16.7 Å². The van der Waals surface area contributed by atoms with E-state index in [9.17, 15) is 0 Å². The summed E-state index contributed by atoms with van der Waals surface area (Å²) in [6.07, 6.45) is 4.55. The van der Waals surface area contributed by atoms with Gasteiger partial charge in [-0.3, -0.25) is 4.98 Å². The maximum Gasteiger partial charge on any atom is 0.175 e. The third-order valence-electron chi connectivity index (χ3n) is 4.24. The van der Waals surface area contributed by atoms with Crippen LogP contribution in [0.25, 0.3) is 0 Å². The molecule has 1 aromatic heterocycles. The summed E-state index contributed by atoms with van der Waals surface area (Å²) in [7, 11) is 0. The van der Waals surface area contributed by atoms with Gasteiger partial charge in [-0.1, -0.05) is 19.0 Å². The van der Waals surface area contributed by atoms with Crippen LogP contribution in [0.3, 0.4) is 0 Å². The normalized spacial score (nSPS) is 19.5. The lowest BCUT2D eigenvalue weighted by molar-refractivity contribution is 0.0984. The zero-order valence-electron chi connectivity index (χ0n) is 13.3. The molecule has 0 aliphatic heterocycles. The quantitative estimate of drug-likeness (QED) is 0.388. The van der Waals surface area contributed by atoms with Crippen molar-refractivity contribution in [3.05, 3.63) is 23.0 Å². The molecule has 5 nitrogen and oxygen atoms in total. The van der Waals surface area contributed by atoms with Gasteiger partial charge in [0, 0.05) is 11.8 Å². The SMILES string of the molecule is Cc1cc(OC2CCC(C)(C)CC2)c(/C(N)=N/O)c(C)n1. The summed E-state index contributed by atoms with van der Waals surface area (Å²) in [4.78, 5) is 4.37. The van der Waals surface area contributed by atoms with Crippen LogP contribution in [-0.2, 0) is 0 Å². The van der Waals surface area contributed by atoms with E-state index in [4.69, 9.17) is 15.7 Å². The van der Waals surface area contributed by atoms with Gasteiger partial charge in [-0.2, -0.15) is 0 Å². The average Bonchev–Trinajstić information content (AvgIpc) is 2.40. The predicted octanol–water partition coefficient (Wildman–Crippen LogP) is 3.14. The smallest absolute Gasteiger partial charge is 0.175 e. The Balaban J connectivity index is 2.24. The lowest BCUT2D eigenvalue weighted by Crippen LogP contribution is -2.29. The van der Waals surface area contributed by atoms with Crippen LogP contribution in [0, 0.1) is 19.3 Å². The van der Waals surface area contributed by atoms with Gasteiger partial charge in [-0.25, -0.2) is 0 Å². The van der Waals surface area contributed by atoms with E-state index in [1.54, 1.807) is 0 Å². The van der Waals surface area contributed by atoms with Gasteiger partial charge in [0.05, 0.1) is 17.4 Å². The van der Waals surface area contributed by atoms with Gasteiger partial charge in [-0.05, 0) is 44.9 Å². The number of amidine groups is 1. The number of aromatic nitrogens is 1. The molecule has 0 bridgehead atoms. The van der Waals surface area contributed by atoms with Gasteiger partial charge < -0.3 is 15.7 Å². The van der Waals surface area contributed by atoms with Crippen molar-refractivity contribution in [1.82, 2.24) is 4.98 Å². The topological polar surface area (TPSA) is 80.7 Å². The van der Waals surface area contributed by atoms with Crippen LogP contribution in [-0.4, -0.2) is 22.1 Å². The molecular formula is C16H25N3O2. The van der Waals surface area contributed by atoms with Crippen molar-refractivity contribution >= 4 is 5.84 Å². The Hall–Kier alpha value is -1.78. The summed E-state index contributed by atoms with van der Waals surface area (Å²) in [6, 6.07) is 1.86. The van der Waals surface area contributed by atoms with E-state index in [2.05, 4.69) is 24.0 Å². The summed E-state index contributed by atoms with van der Waals surface area (Å²) >= 11 is 0. The molecule has 116 valence electrons. The van der Waals surface area contributed by atoms with Crippen LogP contribution in [0.4, 0.5) is 0 Å². The Labute approximate surface area is 126 Å². The fourth-order valence-electron chi connectivity index (χ4n) is 2.92. The molecular weight excluding hydrogens is 266 g/mol. The molecule has 3 N–H and O–H groups in total. The number of rotatable bonds is 3. The predicted molar refractivity (Wildman–Crippen MR) is 82.9 cm³/mol. The van der Waals surface area contributed by atoms with Crippen LogP contribution < -0.4 is 10.5 Å². The van der Waals surface area contributed by atoms with Crippen LogP contribution in [0.1, 0.15) is 56.5 Å². The van der Waals surface area contributed by atoms with Crippen molar-refractivity contribution < 1.29 is 9.94 Å². The lowest BCUT2D eigenvalue weighted by atomic mass is 9.76. The van der Waals surface area contributed by atoms with E-state index < -0.39 is 0 Å². The number of oxime groups is 1. The molecule has 1 heterocycles. The highest BCUT2D eigenvalue weighted by Gasteiger charge is 2.28. The van der Waals surface area contributed by atoms with Crippen LogP contribution in [0.15, 0.2) is 11.2 Å². The minimum atomic E-state index is 0.0474. The van der Waals surface area contributed by atoms with E-state index in [1.165, 1.54) is 0 Å². The number of hydrogen-bond acceptors (Lipinski definition) is 4. The molecule has 1 aliphatic carbocycles. The lowest BCUT2D eigenvalue weighted by Gasteiger charge is -2.34. The minimum absolute atomic E-state index is 0.0474. The second-order valence-corrected chi connectivity index (χ2v) is 6.69. The number of aryl methyl sites for hydroxylation is 2. The van der Waals surface area contributed by atoms with E-state index in [0.717, 1.165) is 37.1 Å². The highest BCUT2D eigenvalue weighted by atomic mass is 16.5. The maximum atomic E-state index is 8.96. The molecule has 0 saturated heterocycles. The van der Waals surface area contributed by atoms with Crippen LogP contribution >= 0.6 is 0 Å². The van der Waals surface area contributed by atoms with E-state index in [1.807, 2.05) is 19.9 Å². The van der Waals surface area contributed by atoms with Crippen molar-refractivity contribution in [3.63, 3.8) is 0 Å². The minimum Gasteiger partial charge on any atom is -0.490 e. The molecule has 5 heteroatoms. The number of nitrogens with two attached hydrogens (primary N) is 1. The summed E-state index contributed by atoms with van der Waals surface area (Å²) in [5.74, 6) is 0.714. The van der Waals surface area contributed by atoms with Crippen LogP contribution in [0.2, 0.25) is 0 Å². The Morgan fingerprint density at radius 2 is 2.00 bits per heavy atom. The monoisotopic (exact) mass is 291 g/mol. The summed E-state index contributed by atoms with van der Waals surface area (Å²) in [5.41, 5.74) is 8.35. The number of nitrogens with zero attached hydrogens (tertiary/aromatic N) is 2. The Morgan fingerprint density at radius 1 is 1.38 bits per heavy atom. The molecule has 0 unspecified atom stereocenters. The van der Waals surface area contributed by atoms with Gasteiger partial charge in [0.25, 0.3) is 0 Å². The van der Waals surface area contributed by atoms with Gasteiger partial charge >= 0.3 is 0 Å². The third kappa shape index (κ3) is 3.65. The molecule has 21 heavy (non-hydrogen) atoms. The number of ether oxygens (including phenoxy) is 1. The molecule has 0 atom stereocenters. The molecule has 0 spiro atoms. The fourth-order valence-corrected chi connectivity index (χ4v) is 2.92.